The summed E-state index contributed by atoms with van der Waals surface area (Å²) in [4.78, 5) is 9.53. The van der Waals surface area contributed by atoms with E-state index in [1.54, 1.807) is 0 Å². The van der Waals surface area contributed by atoms with Crippen molar-refractivity contribution in [3.05, 3.63) is 0 Å². The Balaban J connectivity index is 0. The largest absolute Gasteiger partial charge is 1.00 e. The molecule has 0 radical (unpaired) electrons. The molecule has 8 heavy (non-hydrogen) atoms. The fraction of sp³-hybridized carbons (Fsp3) is 0.667. The van der Waals surface area contributed by atoms with Crippen molar-refractivity contribution in [1.29, 1.82) is 0 Å². The maximum Gasteiger partial charge on any atom is 1.00 e. The fourth-order valence-corrected chi connectivity index (χ4v) is 0.0745. The first-order valence-electron chi connectivity index (χ1n) is 1.75. The molecule has 1 atom stereocenters. The van der Waals surface area contributed by atoms with Crippen LogP contribution in [0.4, 0.5) is 0 Å². The Kier molecular flexibility index (Phi) is 7.75. The molecule has 3 N–H and O–H groups in total. The van der Waals surface area contributed by atoms with Gasteiger partial charge in [0.2, 0.25) is 0 Å². The van der Waals surface area contributed by atoms with Crippen LogP contribution in [-0.2, 0) is 4.79 Å². The molecule has 0 rings (SSSR count). The topological polar surface area (TPSA) is 86.4 Å². The Labute approximate surface area is 69.0 Å². The molecule has 0 bridgehead atoms. The summed E-state index contributed by atoms with van der Waals surface area (Å²) in [6, 6.07) is -1.24. The van der Waals surface area contributed by atoms with Crippen molar-refractivity contribution in [1.82, 2.24) is 0 Å². The average Bonchev–Trinajstić information content (AvgIpc) is 1.65. The molecule has 0 saturated carbocycles. The number of aliphatic hydroxyl groups excluding tert-OH is 1. The Morgan fingerprint density at radius 2 is 2.25 bits per heavy atom. The van der Waals surface area contributed by atoms with E-state index in [1.807, 2.05) is 0 Å². The van der Waals surface area contributed by atoms with Crippen LogP contribution < -0.4 is 40.4 Å². The van der Waals surface area contributed by atoms with Gasteiger partial charge in [0.1, 0.15) is 0 Å². The van der Waals surface area contributed by atoms with Crippen LogP contribution in [0.3, 0.4) is 0 Å². The molecule has 0 fully saturated rings. The van der Waals surface area contributed by atoms with Crippen molar-refractivity contribution < 1.29 is 44.6 Å². The van der Waals surface area contributed by atoms with Gasteiger partial charge in [0.25, 0.3) is 0 Å². The van der Waals surface area contributed by atoms with Crippen LogP contribution in [0, 0.1) is 0 Å². The number of carbonyl (C=O) groups excluding carboxylic acids is 1. The van der Waals surface area contributed by atoms with Gasteiger partial charge in [-0.25, -0.2) is 0 Å². The van der Waals surface area contributed by atoms with Gasteiger partial charge in [-0.15, -0.1) is 0 Å². The summed E-state index contributed by atoms with van der Waals surface area (Å²) >= 11 is 0. The molecule has 0 aromatic heterocycles. The van der Waals surface area contributed by atoms with Crippen LogP contribution in [0.15, 0.2) is 0 Å². The van der Waals surface area contributed by atoms with Crippen LogP contribution in [0.25, 0.3) is 0 Å². The van der Waals surface area contributed by atoms with E-state index in [-0.39, 0.29) is 29.6 Å². The van der Waals surface area contributed by atoms with Gasteiger partial charge in [-0.1, -0.05) is 0 Å². The van der Waals surface area contributed by atoms with Gasteiger partial charge in [0.05, 0.1) is 18.6 Å². The second-order valence-electron chi connectivity index (χ2n) is 1.11. The zero-order chi connectivity index (χ0) is 5.86. The Bertz CT molecular complexity index is 76.9. The van der Waals surface area contributed by atoms with E-state index in [1.165, 1.54) is 0 Å². The van der Waals surface area contributed by atoms with E-state index >= 15 is 0 Å². The number of carbonyl (C=O) groups is 1. The summed E-state index contributed by atoms with van der Waals surface area (Å²) in [5.41, 5.74) is 4.70. The second kappa shape index (κ2) is 5.53. The first kappa shape index (κ1) is 11.2. The van der Waals surface area contributed by atoms with Crippen LogP contribution in [-0.4, -0.2) is 23.7 Å². The molecule has 42 valence electrons. The van der Waals surface area contributed by atoms with Gasteiger partial charge in [-0.3, -0.25) is 0 Å². The van der Waals surface area contributed by atoms with Crippen LogP contribution in [0.5, 0.6) is 0 Å². The van der Waals surface area contributed by atoms with Crippen molar-refractivity contribution >= 4 is 5.97 Å². The molecule has 0 aromatic rings. The number of aliphatic hydroxyl groups is 1. The summed E-state index contributed by atoms with van der Waals surface area (Å²) in [5.74, 6) is -1.43. The average molecular weight is 127 g/mol. The molecular weight excluding hydrogens is 121 g/mol. The number of hydrogen-bond acceptors (Lipinski definition) is 4. The normalized spacial score (nSPS) is 11.8. The Hall–Kier alpha value is 0.390. The van der Waals surface area contributed by atoms with Crippen molar-refractivity contribution in [2.45, 2.75) is 6.04 Å². The number of aliphatic carboxylic acids is 1. The van der Waals surface area contributed by atoms with Gasteiger partial charge in [-0.2, -0.15) is 0 Å². The zero-order valence-electron chi connectivity index (χ0n) is 4.63. The van der Waals surface area contributed by atoms with Crippen LogP contribution in [0.1, 0.15) is 0 Å². The predicted molar refractivity (Wildman–Crippen MR) is 20.1 cm³/mol. The van der Waals surface area contributed by atoms with Gasteiger partial charge in [0.15, 0.2) is 0 Å². The predicted octanol–water partition coefficient (Wildman–Crippen LogP) is -5.94. The molecule has 0 heterocycles. The summed E-state index contributed by atoms with van der Waals surface area (Å²) in [7, 11) is 0. The standard InChI is InChI=1S/C3H7NO3.Na/c4-2(1-5)3(6)7;/h2,5H,1,4H2,(H,6,7);/q;+1/p-1/t2-;/m1./s1. The zero-order valence-corrected chi connectivity index (χ0v) is 6.63. The third-order valence-electron chi connectivity index (χ3n) is 0.499. The number of hydrogen-bond donors (Lipinski definition) is 2. The van der Waals surface area contributed by atoms with Gasteiger partial charge >= 0.3 is 29.6 Å². The quantitative estimate of drug-likeness (QED) is 0.361. The molecule has 0 aliphatic rings. The molecule has 0 aliphatic heterocycles. The number of carboxylic acids is 1. The van der Waals surface area contributed by atoms with E-state index in [0.29, 0.717) is 0 Å². The molecule has 0 saturated heterocycles. The van der Waals surface area contributed by atoms with Gasteiger partial charge in [-0.05, 0) is 0 Å². The van der Waals surface area contributed by atoms with E-state index in [0.717, 1.165) is 0 Å². The van der Waals surface area contributed by atoms with Crippen molar-refractivity contribution in [2.75, 3.05) is 6.61 Å². The summed E-state index contributed by atoms with van der Waals surface area (Å²) in [5, 5.41) is 17.5. The Morgan fingerprint density at radius 3 is 2.25 bits per heavy atom. The first-order valence-corrected chi connectivity index (χ1v) is 1.75. The maximum atomic E-state index is 9.53. The minimum atomic E-state index is -1.43. The van der Waals surface area contributed by atoms with Crippen LogP contribution in [0.2, 0.25) is 0 Å². The van der Waals surface area contributed by atoms with E-state index in [4.69, 9.17) is 10.8 Å². The molecule has 0 aromatic carbocycles. The summed E-state index contributed by atoms with van der Waals surface area (Å²) in [6.07, 6.45) is 0. The SMILES string of the molecule is N[C@H](CO)C(=O)[O-].[Na+]. The number of rotatable bonds is 2. The van der Waals surface area contributed by atoms with Gasteiger partial charge < -0.3 is 20.7 Å². The molecule has 4 nitrogen and oxygen atoms in total. The van der Waals surface area contributed by atoms with E-state index in [2.05, 4.69) is 0 Å². The maximum absolute atomic E-state index is 9.53. The van der Waals surface area contributed by atoms with E-state index in [9.17, 15) is 9.90 Å². The van der Waals surface area contributed by atoms with Crippen molar-refractivity contribution in [2.24, 2.45) is 5.73 Å². The van der Waals surface area contributed by atoms with Gasteiger partial charge in [0, 0.05) is 0 Å². The Morgan fingerprint density at radius 1 is 1.88 bits per heavy atom. The number of carboxylic acid groups (broad SMARTS) is 1. The minimum Gasteiger partial charge on any atom is -0.548 e. The second-order valence-corrected chi connectivity index (χ2v) is 1.11. The smallest absolute Gasteiger partial charge is 0.548 e. The molecule has 0 unspecified atom stereocenters. The third-order valence-corrected chi connectivity index (χ3v) is 0.499. The van der Waals surface area contributed by atoms with Crippen molar-refractivity contribution in [3.63, 3.8) is 0 Å². The molecular formula is C3H6NNaO3. The molecule has 0 aliphatic carbocycles. The fourth-order valence-electron chi connectivity index (χ4n) is 0.0745. The van der Waals surface area contributed by atoms with Crippen molar-refractivity contribution in [3.8, 4) is 0 Å². The molecule has 0 amide bonds. The molecule has 5 heteroatoms. The molecule has 0 spiro atoms. The third kappa shape index (κ3) is 4.55. The summed E-state index contributed by atoms with van der Waals surface area (Å²) in [6.45, 7) is -0.567. The number of nitrogens with two attached hydrogens (primary N) is 1. The minimum absolute atomic E-state index is 0. The monoisotopic (exact) mass is 127 g/mol. The van der Waals surface area contributed by atoms with E-state index < -0.39 is 18.6 Å². The summed E-state index contributed by atoms with van der Waals surface area (Å²) < 4.78 is 0. The van der Waals surface area contributed by atoms with Crippen LogP contribution >= 0.6 is 0 Å². The first-order chi connectivity index (χ1) is 3.18.